The van der Waals surface area contributed by atoms with Crippen molar-refractivity contribution < 1.29 is 14.3 Å². The molecule has 0 atom stereocenters. The van der Waals surface area contributed by atoms with Crippen LogP contribution in [0.3, 0.4) is 0 Å². The molecule has 1 amide bonds. The number of rotatable bonds is 16. The second kappa shape index (κ2) is 17.1. The molecule has 4 rings (SSSR count). The molecule has 242 valence electrons. The first-order chi connectivity index (χ1) is 22.3. The maximum Gasteiger partial charge on any atom is 0.305 e. The van der Waals surface area contributed by atoms with E-state index < -0.39 is 0 Å². The Morgan fingerprint density at radius 1 is 0.935 bits per heavy atom. The van der Waals surface area contributed by atoms with Gasteiger partial charge in [0.2, 0.25) is 5.95 Å². The Kier molecular flexibility index (Phi) is 12.7. The third-order valence-electron chi connectivity index (χ3n) is 7.62. The fraction of sp³-hybridized carbons (Fsp3) is 0.361. The zero-order chi connectivity index (χ0) is 32.9. The zero-order valence-electron chi connectivity index (χ0n) is 27.6. The molecule has 10 nitrogen and oxygen atoms in total. The van der Waals surface area contributed by atoms with Crippen LogP contribution in [-0.2, 0) is 16.1 Å². The second-order valence-electron chi connectivity index (χ2n) is 11.4. The van der Waals surface area contributed by atoms with Crippen molar-refractivity contribution in [1.29, 1.82) is 0 Å². The summed E-state index contributed by atoms with van der Waals surface area (Å²) in [5, 5.41) is 3.33. The van der Waals surface area contributed by atoms with E-state index in [0.29, 0.717) is 36.8 Å². The number of nitrogens with zero attached hydrogens (tertiary/aromatic N) is 6. The van der Waals surface area contributed by atoms with Crippen molar-refractivity contribution >= 4 is 29.2 Å². The van der Waals surface area contributed by atoms with E-state index in [1.807, 2.05) is 67.6 Å². The molecule has 0 saturated carbocycles. The van der Waals surface area contributed by atoms with Crippen molar-refractivity contribution in [2.75, 3.05) is 57.1 Å². The van der Waals surface area contributed by atoms with Crippen LogP contribution in [0.4, 0.5) is 17.3 Å². The summed E-state index contributed by atoms with van der Waals surface area (Å²) < 4.78 is 5.12. The molecule has 2 aromatic carbocycles. The number of esters is 1. The molecule has 10 heteroatoms. The average Bonchev–Trinajstić information content (AvgIpc) is 3.07. The number of carbonyl (C=O) groups excluding carboxylic acids is 2. The fourth-order valence-electron chi connectivity index (χ4n) is 4.95. The number of hydrogen-bond acceptors (Lipinski definition) is 9. The molecule has 2 aromatic heterocycles. The van der Waals surface area contributed by atoms with E-state index in [0.717, 1.165) is 54.3 Å². The monoisotopic (exact) mass is 623 g/mol. The van der Waals surface area contributed by atoms with Gasteiger partial charge in [-0.25, -0.2) is 9.97 Å². The van der Waals surface area contributed by atoms with E-state index in [4.69, 9.17) is 4.74 Å². The van der Waals surface area contributed by atoms with Gasteiger partial charge in [0.1, 0.15) is 0 Å². The molecule has 0 aliphatic heterocycles. The van der Waals surface area contributed by atoms with Crippen LogP contribution in [0.5, 0.6) is 0 Å². The minimum atomic E-state index is -0.272. The highest BCUT2D eigenvalue weighted by Crippen LogP contribution is 2.28. The Balaban J connectivity index is 1.56. The summed E-state index contributed by atoms with van der Waals surface area (Å²) in [4.78, 5) is 45.7. The summed E-state index contributed by atoms with van der Waals surface area (Å²) in [5.41, 5.74) is 5.82. The van der Waals surface area contributed by atoms with Crippen LogP contribution in [0, 0.1) is 6.92 Å². The summed E-state index contributed by atoms with van der Waals surface area (Å²) >= 11 is 0. The number of pyridine rings is 1. The van der Waals surface area contributed by atoms with E-state index >= 15 is 0 Å². The molecule has 0 saturated heterocycles. The van der Waals surface area contributed by atoms with Crippen molar-refractivity contribution in [2.24, 2.45) is 0 Å². The molecule has 4 aromatic rings. The van der Waals surface area contributed by atoms with Crippen LogP contribution in [0.1, 0.15) is 48.2 Å². The molecule has 0 bridgehead atoms. The highest BCUT2D eigenvalue weighted by atomic mass is 16.5. The van der Waals surface area contributed by atoms with Gasteiger partial charge in [0.15, 0.2) is 0 Å². The van der Waals surface area contributed by atoms with E-state index in [-0.39, 0.29) is 18.3 Å². The van der Waals surface area contributed by atoms with Gasteiger partial charge in [-0.15, -0.1) is 0 Å². The van der Waals surface area contributed by atoms with Crippen LogP contribution in [-0.4, -0.2) is 83.5 Å². The number of carbonyl (C=O) groups is 2. The molecule has 0 unspecified atom stereocenters. The molecule has 0 radical (unpaired) electrons. The van der Waals surface area contributed by atoms with Crippen molar-refractivity contribution in [1.82, 2.24) is 24.8 Å². The maximum absolute atomic E-state index is 14.0. The van der Waals surface area contributed by atoms with Crippen LogP contribution in [0.25, 0.3) is 11.3 Å². The van der Waals surface area contributed by atoms with Crippen molar-refractivity contribution in [2.45, 2.75) is 40.2 Å². The van der Waals surface area contributed by atoms with Gasteiger partial charge < -0.3 is 19.9 Å². The Morgan fingerprint density at radius 2 is 1.74 bits per heavy atom. The lowest BCUT2D eigenvalue weighted by molar-refractivity contribution is -0.143. The van der Waals surface area contributed by atoms with Gasteiger partial charge in [-0.2, -0.15) is 0 Å². The molecule has 0 spiro atoms. The average molecular weight is 624 g/mol. The predicted octanol–water partition coefficient (Wildman–Crippen LogP) is 5.96. The lowest BCUT2D eigenvalue weighted by Gasteiger charge is -2.25. The third kappa shape index (κ3) is 9.92. The first kappa shape index (κ1) is 34.2. The number of nitrogens with one attached hydrogen (secondary N) is 1. The molecule has 0 fully saturated rings. The van der Waals surface area contributed by atoms with Crippen molar-refractivity contribution in [3.8, 4) is 11.3 Å². The number of ether oxygens (including phenoxy) is 1. The van der Waals surface area contributed by atoms with Crippen LogP contribution in [0.15, 0.2) is 79.3 Å². The van der Waals surface area contributed by atoms with Crippen LogP contribution in [0.2, 0.25) is 0 Å². The molecule has 0 aliphatic rings. The summed E-state index contributed by atoms with van der Waals surface area (Å²) in [6.45, 7) is 10.3. The quantitative estimate of drug-likeness (QED) is 0.151. The standard InChI is InChI=1S/C36H45N7O3/c1-6-42(23-22-41(4)5)26-28-13-15-29(16-14-28)35(45)43(21-9-11-34(44)46-7-2)31-17-12-27(3)33(24-31)40-36-38-20-18-32(39-36)30-10-8-19-37-25-30/h8,10,12-20,24-25H,6-7,9,11,21-23,26H2,1-5H3,(H,38,39,40). The number of anilines is 3. The minimum Gasteiger partial charge on any atom is -0.466 e. The fourth-order valence-corrected chi connectivity index (χ4v) is 4.95. The molecule has 2 heterocycles. The van der Waals surface area contributed by atoms with Gasteiger partial charge in [0.25, 0.3) is 5.91 Å². The zero-order valence-corrected chi connectivity index (χ0v) is 27.6. The van der Waals surface area contributed by atoms with Gasteiger partial charge >= 0.3 is 5.97 Å². The predicted molar refractivity (Wildman–Crippen MR) is 183 cm³/mol. The number of benzene rings is 2. The number of aromatic nitrogens is 3. The van der Waals surface area contributed by atoms with Gasteiger partial charge in [-0.1, -0.05) is 25.1 Å². The Bertz CT molecular complexity index is 1560. The first-order valence-corrected chi connectivity index (χ1v) is 15.8. The highest BCUT2D eigenvalue weighted by molar-refractivity contribution is 6.06. The SMILES string of the molecule is CCOC(=O)CCCN(C(=O)c1ccc(CN(CC)CCN(C)C)cc1)c1ccc(C)c(Nc2nccc(-c3cccnc3)n2)c1. The van der Waals surface area contributed by atoms with E-state index in [9.17, 15) is 9.59 Å². The molecule has 1 N–H and O–H groups in total. The number of likely N-dealkylation sites (N-methyl/N-ethyl adjacent to an activating group) is 2. The van der Waals surface area contributed by atoms with Crippen LogP contribution >= 0.6 is 0 Å². The van der Waals surface area contributed by atoms with Crippen LogP contribution < -0.4 is 10.2 Å². The normalized spacial score (nSPS) is 11.1. The summed E-state index contributed by atoms with van der Waals surface area (Å²) in [6.07, 6.45) is 5.87. The number of aryl methyl sites for hydroxylation is 1. The number of amides is 1. The molecule has 46 heavy (non-hydrogen) atoms. The lowest BCUT2D eigenvalue weighted by atomic mass is 10.1. The number of hydrogen-bond donors (Lipinski definition) is 1. The van der Waals surface area contributed by atoms with Gasteiger partial charge in [-0.05, 0) is 94.5 Å². The Labute approximate surface area is 272 Å². The van der Waals surface area contributed by atoms with Gasteiger partial charge in [0, 0.05) is 73.7 Å². The Hall–Kier alpha value is -4.67. The first-order valence-electron chi connectivity index (χ1n) is 15.8. The summed E-state index contributed by atoms with van der Waals surface area (Å²) in [7, 11) is 4.16. The van der Waals surface area contributed by atoms with Gasteiger partial charge in [-0.3, -0.25) is 19.5 Å². The smallest absolute Gasteiger partial charge is 0.305 e. The molecular formula is C36H45N7O3. The van der Waals surface area contributed by atoms with E-state index in [1.54, 1.807) is 30.4 Å². The summed E-state index contributed by atoms with van der Waals surface area (Å²) in [5.74, 6) is 0.0231. The largest absolute Gasteiger partial charge is 0.466 e. The topological polar surface area (TPSA) is 104 Å². The Morgan fingerprint density at radius 3 is 2.43 bits per heavy atom. The van der Waals surface area contributed by atoms with Crippen molar-refractivity contribution in [3.05, 3.63) is 95.9 Å². The minimum absolute atomic E-state index is 0.139. The highest BCUT2D eigenvalue weighted by Gasteiger charge is 2.20. The third-order valence-corrected chi connectivity index (χ3v) is 7.62. The van der Waals surface area contributed by atoms with Gasteiger partial charge in [0.05, 0.1) is 12.3 Å². The van der Waals surface area contributed by atoms with E-state index in [1.165, 1.54) is 0 Å². The molecule has 0 aliphatic carbocycles. The summed E-state index contributed by atoms with van der Waals surface area (Å²) in [6, 6.07) is 19.3. The maximum atomic E-state index is 14.0. The molecular weight excluding hydrogens is 578 g/mol. The van der Waals surface area contributed by atoms with E-state index in [2.05, 4.69) is 51.1 Å². The van der Waals surface area contributed by atoms with Crippen molar-refractivity contribution in [3.63, 3.8) is 0 Å². The lowest BCUT2D eigenvalue weighted by Crippen LogP contribution is -2.32. The second-order valence-corrected chi connectivity index (χ2v) is 11.4.